The molecule has 450 valence electrons. The first-order valence-corrected chi connectivity index (χ1v) is 34.1. The SMILES string of the molecule is CC/C=C\C/C=C\C/C=C\C/C=C\CCCCCCCCC(=O)OC(COC(=O)CCCCCCCCCCCCCCCCCCC)COC(=O)CCCCCCCCCCCCCCCCCCCCCCCCC. The van der Waals surface area contributed by atoms with Gasteiger partial charge in [0.05, 0.1) is 0 Å². The Balaban J connectivity index is 4.32. The van der Waals surface area contributed by atoms with Crippen LogP contribution in [0.3, 0.4) is 0 Å². The van der Waals surface area contributed by atoms with Crippen LogP contribution < -0.4 is 0 Å². The van der Waals surface area contributed by atoms with E-state index in [2.05, 4.69) is 69.4 Å². The highest BCUT2D eigenvalue weighted by atomic mass is 16.6. The summed E-state index contributed by atoms with van der Waals surface area (Å²) in [7, 11) is 0. The molecule has 0 saturated carbocycles. The molecule has 0 aromatic heterocycles. The average molecular weight is 1080 g/mol. The minimum atomic E-state index is -0.779. The van der Waals surface area contributed by atoms with Crippen molar-refractivity contribution in [3.8, 4) is 0 Å². The molecule has 0 aliphatic rings. The Morgan fingerprint density at radius 1 is 0.273 bits per heavy atom. The lowest BCUT2D eigenvalue weighted by molar-refractivity contribution is -0.167. The lowest BCUT2D eigenvalue weighted by Gasteiger charge is -2.18. The maximum absolute atomic E-state index is 12.9. The largest absolute Gasteiger partial charge is 0.462 e. The molecule has 0 saturated heterocycles. The molecule has 1 atom stereocenters. The topological polar surface area (TPSA) is 78.9 Å². The Morgan fingerprint density at radius 2 is 0.506 bits per heavy atom. The average Bonchev–Trinajstić information content (AvgIpc) is 3.43. The highest BCUT2D eigenvalue weighted by molar-refractivity contribution is 5.71. The van der Waals surface area contributed by atoms with Crippen LogP contribution >= 0.6 is 0 Å². The maximum atomic E-state index is 12.9. The number of allylic oxidation sites excluding steroid dienone is 8. The monoisotopic (exact) mass is 1080 g/mol. The number of ether oxygens (including phenoxy) is 3. The van der Waals surface area contributed by atoms with Gasteiger partial charge in [-0.15, -0.1) is 0 Å². The van der Waals surface area contributed by atoms with Crippen molar-refractivity contribution in [3.63, 3.8) is 0 Å². The van der Waals surface area contributed by atoms with Gasteiger partial charge in [-0.2, -0.15) is 0 Å². The summed E-state index contributed by atoms with van der Waals surface area (Å²) in [5.41, 5.74) is 0. The number of carbonyl (C=O) groups excluding carboxylic acids is 3. The zero-order valence-corrected chi connectivity index (χ0v) is 51.7. The van der Waals surface area contributed by atoms with Crippen LogP contribution in [0.2, 0.25) is 0 Å². The summed E-state index contributed by atoms with van der Waals surface area (Å²) in [6.07, 6.45) is 82.7. The highest BCUT2D eigenvalue weighted by Crippen LogP contribution is 2.18. The van der Waals surface area contributed by atoms with Crippen molar-refractivity contribution in [1.82, 2.24) is 0 Å². The van der Waals surface area contributed by atoms with Gasteiger partial charge in [0.15, 0.2) is 6.10 Å². The second-order valence-electron chi connectivity index (χ2n) is 23.1. The molecule has 0 aromatic carbocycles. The Morgan fingerprint density at radius 3 is 0.792 bits per heavy atom. The summed E-state index contributed by atoms with van der Waals surface area (Å²) in [4.78, 5) is 38.4. The number of hydrogen-bond acceptors (Lipinski definition) is 6. The molecule has 6 heteroatoms. The molecule has 0 bridgehead atoms. The van der Waals surface area contributed by atoms with Gasteiger partial charge in [0.1, 0.15) is 13.2 Å². The van der Waals surface area contributed by atoms with Crippen LogP contribution in [0.4, 0.5) is 0 Å². The van der Waals surface area contributed by atoms with Crippen molar-refractivity contribution in [2.45, 2.75) is 374 Å². The lowest BCUT2D eigenvalue weighted by atomic mass is 10.0. The summed E-state index contributed by atoms with van der Waals surface area (Å²) in [6, 6.07) is 0. The minimum absolute atomic E-state index is 0.0738. The first kappa shape index (κ1) is 74.4. The maximum Gasteiger partial charge on any atom is 0.306 e. The van der Waals surface area contributed by atoms with Gasteiger partial charge < -0.3 is 14.2 Å². The van der Waals surface area contributed by atoms with E-state index < -0.39 is 6.10 Å². The number of carbonyl (C=O) groups is 3. The highest BCUT2D eigenvalue weighted by Gasteiger charge is 2.19. The molecule has 0 radical (unpaired) electrons. The Kier molecular flexibility index (Phi) is 63.6. The molecule has 0 N–H and O–H groups in total. The van der Waals surface area contributed by atoms with Crippen LogP contribution in [0.1, 0.15) is 367 Å². The van der Waals surface area contributed by atoms with E-state index in [0.717, 1.165) is 96.3 Å². The standard InChI is InChI=1S/C71H130O6/c1-4-7-10-13-16-19-22-25-28-31-33-34-35-36-38-40-43-46-49-52-55-58-61-64-70(73)76-67-68(66-75-69(72)63-60-57-54-51-48-45-42-39-30-27-24-21-18-15-12-9-6-3)77-71(74)65-62-59-56-53-50-47-44-41-37-32-29-26-23-20-17-14-11-8-5-2/h8,11,17,20,26,29,37,41,68H,4-7,9-10,12-16,18-19,21-25,27-28,30-36,38-40,42-67H2,1-3H3/b11-8-,20-17-,29-26-,41-37-. The third kappa shape index (κ3) is 64.1. The molecule has 77 heavy (non-hydrogen) atoms. The quantitative estimate of drug-likeness (QED) is 0.0261. The zero-order valence-electron chi connectivity index (χ0n) is 51.7. The van der Waals surface area contributed by atoms with Crippen LogP contribution in [-0.2, 0) is 28.6 Å². The molecule has 1 unspecified atom stereocenters. The fourth-order valence-electron chi connectivity index (χ4n) is 10.3. The molecule has 0 aromatic rings. The van der Waals surface area contributed by atoms with Gasteiger partial charge in [-0.05, 0) is 57.8 Å². The zero-order chi connectivity index (χ0) is 55.7. The third-order valence-electron chi connectivity index (χ3n) is 15.3. The van der Waals surface area contributed by atoms with Crippen LogP contribution in [0.25, 0.3) is 0 Å². The summed E-state index contributed by atoms with van der Waals surface area (Å²) < 4.78 is 17.0. The van der Waals surface area contributed by atoms with Crippen molar-refractivity contribution in [3.05, 3.63) is 48.6 Å². The minimum Gasteiger partial charge on any atom is -0.462 e. The van der Waals surface area contributed by atoms with Gasteiger partial charge in [0, 0.05) is 19.3 Å². The van der Waals surface area contributed by atoms with E-state index in [1.54, 1.807) is 0 Å². The predicted octanol–water partition coefficient (Wildman–Crippen LogP) is 23.3. The summed E-state index contributed by atoms with van der Waals surface area (Å²) in [6.45, 7) is 6.59. The molecule has 6 nitrogen and oxygen atoms in total. The molecule has 0 aliphatic heterocycles. The van der Waals surface area contributed by atoms with Crippen molar-refractivity contribution in [2.75, 3.05) is 13.2 Å². The van der Waals surface area contributed by atoms with Crippen LogP contribution in [0.5, 0.6) is 0 Å². The van der Waals surface area contributed by atoms with Gasteiger partial charge >= 0.3 is 17.9 Å². The fraction of sp³-hybridized carbons (Fsp3) is 0.845. The van der Waals surface area contributed by atoms with E-state index in [9.17, 15) is 14.4 Å². The van der Waals surface area contributed by atoms with Gasteiger partial charge in [0.25, 0.3) is 0 Å². The van der Waals surface area contributed by atoms with Crippen LogP contribution in [0.15, 0.2) is 48.6 Å². The van der Waals surface area contributed by atoms with Gasteiger partial charge in [-0.25, -0.2) is 0 Å². The lowest BCUT2D eigenvalue weighted by Crippen LogP contribution is -2.30. The number of unbranched alkanes of at least 4 members (excludes halogenated alkanes) is 44. The third-order valence-corrected chi connectivity index (χ3v) is 15.3. The summed E-state index contributed by atoms with van der Waals surface area (Å²) in [5.74, 6) is -0.860. The van der Waals surface area contributed by atoms with E-state index >= 15 is 0 Å². The Labute approximate surface area is 479 Å². The molecule has 0 fully saturated rings. The van der Waals surface area contributed by atoms with E-state index in [-0.39, 0.29) is 31.1 Å². The van der Waals surface area contributed by atoms with Gasteiger partial charge in [-0.3, -0.25) is 14.4 Å². The van der Waals surface area contributed by atoms with E-state index in [1.807, 2.05) is 0 Å². The molecular formula is C71H130O6. The number of rotatable bonds is 63. The van der Waals surface area contributed by atoms with Gasteiger partial charge in [-0.1, -0.05) is 339 Å². The molecular weight excluding hydrogens is 949 g/mol. The van der Waals surface area contributed by atoms with Crippen molar-refractivity contribution >= 4 is 17.9 Å². The first-order chi connectivity index (χ1) is 38.0. The Bertz CT molecular complexity index is 1330. The normalized spacial score (nSPS) is 12.3. The van der Waals surface area contributed by atoms with Crippen molar-refractivity contribution < 1.29 is 28.6 Å². The number of esters is 3. The number of hydrogen-bond donors (Lipinski definition) is 0. The van der Waals surface area contributed by atoms with E-state index in [1.165, 1.54) is 231 Å². The summed E-state index contributed by atoms with van der Waals surface area (Å²) >= 11 is 0. The smallest absolute Gasteiger partial charge is 0.306 e. The van der Waals surface area contributed by atoms with E-state index in [4.69, 9.17) is 14.2 Å². The predicted molar refractivity (Wildman–Crippen MR) is 335 cm³/mol. The summed E-state index contributed by atoms with van der Waals surface area (Å²) in [5, 5.41) is 0. The molecule has 0 rings (SSSR count). The van der Waals surface area contributed by atoms with Gasteiger partial charge in [0.2, 0.25) is 0 Å². The van der Waals surface area contributed by atoms with Crippen LogP contribution in [0, 0.1) is 0 Å². The molecule has 0 heterocycles. The van der Waals surface area contributed by atoms with E-state index in [0.29, 0.717) is 19.3 Å². The fourth-order valence-corrected chi connectivity index (χ4v) is 10.3. The van der Waals surface area contributed by atoms with Crippen LogP contribution in [-0.4, -0.2) is 37.2 Å². The first-order valence-electron chi connectivity index (χ1n) is 34.1. The van der Waals surface area contributed by atoms with Crippen molar-refractivity contribution in [1.29, 1.82) is 0 Å². The second kappa shape index (κ2) is 65.9. The molecule has 0 amide bonds. The molecule has 0 aliphatic carbocycles. The Hall–Kier alpha value is -2.63. The van der Waals surface area contributed by atoms with Crippen molar-refractivity contribution in [2.24, 2.45) is 0 Å². The second-order valence-corrected chi connectivity index (χ2v) is 23.1. The molecule has 0 spiro atoms.